The molecule has 0 aromatic carbocycles. The van der Waals surface area contributed by atoms with Gasteiger partial charge in [-0.15, -0.1) is 0 Å². The van der Waals surface area contributed by atoms with Gasteiger partial charge in [-0.25, -0.2) is 0 Å². The summed E-state index contributed by atoms with van der Waals surface area (Å²) in [6.45, 7) is 2.09. The lowest BCUT2D eigenvalue weighted by Gasteiger charge is -1.98. The van der Waals surface area contributed by atoms with E-state index in [0.717, 1.165) is 24.2 Å². The van der Waals surface area contributed by atoms with E-state index in [-0.39, 0.29) is 0 Å². The lowest BCUT2D eigenvalue weighted by Crippen LogP contribution is -2.10. The van der Waals surface area contributed by atoms with Gasteiger partial charge in [0, 0.05) is 6.20 Å². The molecule has 0 saturated heterocycles. The highest BCUT2D eigenvalue weighted by molar-refractivity contribution is 5.70. The van der Waals surface area contributed by atoms with Crippen LogP contribution in [0.1, 0.15) is 26.2 Å². The number of hydrogen-bond acceptors (Lipinski definition) is 2. The highest BCUT2D eigenvalue weighted by Crippen LogP contribution is 1.94. The lowest BCUT2D eigenvalue weighted by molar-refractivity contribution is -0.126. The van der Waals surface area contributed by atoms with Crippen molar-refractivity contribution in [3.8, 4) is 0 Å². The molecule has 0 heterocycles. The van der Waals surface area contributed by atoms with Gasteiger partial charge in [-0.05, 0) is 6.42 Å². The molecule has 0 aliphatic heterocycles. The van der Waals surface area contributed by atoms with Crippen LogP contribution in [0.2, 0.25) is 0 Å². The van der Waals surface area contributed by atoms with E-state index in [1.807, 2.05) is 6.08 Å². The Morgan fingerprint density at radius 1 is 1.27 bits per heavy atom. The predicted molar refractivity (Wildman–Crippen MR) is 42.6 cm³/mol. The van der Waals surface area contributed by atoms with Crippen LogP contribution in [-0.4, -0.2) is 17.7 Å². The first-order valence-electron chi connectivity index (χ1n) is 3.69. The van der Waals surface area contributed by atoms with Crippen LogP contribution in [-0.2, 0) is 9.59 Å². The summed E-state index contributed by atoms with van der Waals surface area (Å²) < 4.78 is 0. The largest absolute Gasteiger partial charge is 0.278 e. The molecule has 0 rings (SSSR count). The zero-order valence-corrected chi connectivity index (χ0v) is 6.69. The Kier molecular flexibility index (Phi) is 6.28. The van der Waals surface area contributed by atoms with Crippen molar-refractivity contribution in [3.63, 3.8) is 0 Å². The SMILES string of the molecule is CCCC/C=C\N(C=O)C=O. The number of allylic oxidation sites excluding steroid dienone is 1. The highest BCUT2D eigenvalue weighted by Gasteiger charge is 1.88. The lowest BCUT2D eigenvalue weighted by atomic mass is 10.2. The van der Waals surface area contributed by atoms with E-state index in [4.69, 9.17) is 0 Å². The highest BCUT2D eigenvalue weighted by atomic mass is 16.2. The molecule has 2 amide bonds. The zero-order chi connectivity index (χ0) is 8.53. The van der Waals surface area contributed by atoms with Gasteiger partial charge in [0.1, 0.15) is 0 Å². The van der Waals surface area contributed by atoms with Gasteiger partial charge in [0.05, 0.1) is 0 Å². The minimum atomic E-state index is 0.482. The molecule has 62 valence electrons. The van der Waals surface area contributed by atoms with E-state index in [1.54, 1.807) is 0 Å². The first-order chi connectivity index (χ1) is 5.35. The Morgan fingerprint density at radius 2 is 1.91 bits per heavy atom. The third kappa shape index (κ3) is 5.33. The smallest absolute Gasteiger partial charge is 0.220 e. The Bertz CT molecular complexity index is 135. The van der Waals surface area contributed by atoms with Crippen LogP contribution in [0, 0.1) is 0 Å². The normalized spacial score (nSPS) is 9.91. The molecule has 0 aromatic rings. The number of amides is 2. The first kappa shape index (κ1) is 9.88. The van der Waals surface area contributed by atoms with Gasteiger partial charge < -0.3 is 0 Å². The van der Waals surface area contributed by atoms with E-state index in [9.17, 15) is 9.59 Å². The second-order valence-electron chi connectivity index (χ2n) is 2.19. The number of carbonyl (C=O) groups excluding carboxylic acids is 2. The third-order valence-electron chi connectivity index (χ3n) is 1.25. The van der Waals surface area contributed by atoms with Crippen LogP contribution in [0.25, 0.3) is 0 Å². The van der Waals surface area contributed by atoms with Crippen LogP contribution in [0.15, 0.2) is 12.3 Å². The molecule has 0 fully saturated rings. The summed E-state index contributed by atoms with van der Waals surface area (Å²) in [7, 11) is 0. The Hall–Kier alpha value is -1.12. The standard InChI is InChI=1S/C8H13NO2/c1-2-3-4-5-6-9(7-10)8-11/h5-8H,2-4H2,1H3/b6-5-. The number of rotatable bonds is 6. The number of hydrogen-bond donors (Lipinski definition) is 0. The van der Waals surface area contributed by atoms with Gasteiger partial charge in [-0.2, -0.15) is 0 Å². The average Bonchev–Trinajstić information content (AvgIpc) is 2.05. The van der Waals surface area contributed by atoms with Crippen LogP contribution in [0.5, 0.6) is 0 Å². The molecule has 0 bridgehead atoms. The molecule has 11 heavy (non-hydrogen) atoms. The molecule has 0 unspecified atom stereocenters. The van der Waals surface area contributed by atoms with Crippen molar-refractivity contribution in [1.82, 2.24) is 4.90 Å². The topological polar surface area (TPSA) is 37.4 Å². The van der Waals surface area contributed by atoms with Gasteiger partial charge >= 0.3 is 0 Å². The summed E-state index contributed by atoms with van der Waals surface area (Å²) in [6, 6.07) is 0. The fourth-order valence-corrected chi connectivity index (χ4v) is 0.613. The fourth-order valence-electron chi connectivity index (χ4n) is 0.613. The second-order valence-corrected chi connectivity index (χ2v) is 2.19. The van der Waals surface area contributed by atoms with E-state index < -0.39 is 0 Å². The van der Waals surface area contributed by atoms with Gasteiger partial charge in [0.15, 0.2) is 0 Å². The first-order valence-corrected chi connectivity index (χ1v) is 3.69. The van der Waals surface area contributed by atoms with E-state index in [0.29, 0.717) is 12.8 Å². The monoisotopic (exact) mass is 155 g/mol. The summed E-state index contributed by atoms with van der Waals surface area (Å²) in [4.78, 5) is 21.0. The molecule has 0 aromatic heterocycles. The summed E-state index contributed by atoms with van der Waals surface area (Å²) in [5.74, 6) is 0. The van der Waals surface area contributed by atoms with Crippen molar-refractivity contribution in [2.24, 2.45) is 0 Å². The minimum absolute atomic E-state index is 0.482. The second kappa shape index (κ2) is 6.99. The average molecular weight is 155 g/mol. The Morgan fingerprint density at radius 3 is 2.36 bits per heavy atom. The van der Waals surface area contributed by atoms with Crippen molar-refractivity contribution >= 4 is 12.8 Å². The van der Waals surface area contributed by atoms with E-state index in [2.05, 4.69) is 6.92 Å². The molecule has 0 aliphatic carbocycles. The van der Waals surface area contributed by atoms with Gasteiger partial charge in [0.25, 0.3) is 0 Å². The maximum Gasteiger partial charge on any atom is 0.220 e. The molecule has 3 nitrogen and oxygen atoms in total. The maximum absolute atomic E-state index is 10.0. The molecular weight excluding hydrogens is 142 g/mol. The fraction of sp³-hybridized carbons (Fsp3) is 0.500. The summed E-state index contributed by atoms with van der Waals surface area (Å²) >= 11 is 0. The number of carbonyl (C=O) groups is 2. The van der Waals surface area contributed by atoms with Crippen molar-refractivity contribution in [2.45, 2.75) is 26.2 Å². The molecule has 0 atom stereocenters. The molecule has 0 N–H and O–H groups in total. The van der Waals surface area contributed by atoms with Crippen molar-refractivity contribution in [2.75, 3.05) is 0 Å². The maximum atomic E-state index is 10.0. The molecule has 0 spiro atoms. The van der Waals surface area contributed by atoms with Crippen LogP contribution >= 0.6 is 0 Å². The van der Waals surface area contributed by atoms with Crippen LogP contribution < -0.4 is 0 Å². The number of imide groups is 1. The number of unbranched alkanes of at least 4 members (excludes halogenated alkanes) is 2. The summed E-state index contributed by atoms with van der Waals surface area (Å²) in [5, 5.41) is 0. The van der Waals surface area contributed by atoms with Gasteiger partial charge in [0.2, 0.25) is 12.8 Å². The third-order valence-corrected chi connectivity index (χ3v) is 1.25. The van der Waals surface area contributed by atoms with E-state index >= 15 is 0 Å². The quantitative estimate of drug-likeness (QED) is 0.428. The van der Waals surface area contributed by atoms with Crippen molar-refractivity contribution in [1.29, 1.82) is 0 Å². The predicted octanol–water partition coefficient (Wildman–Crippen LogP) is 1.31. The Balaban J connectivity index is 3.52. The van der Waals surface area contributed by atoms with Crippen molar-refractivity contribution < 1.29 is 9.59 Å². The van der Waals surface area contributed by atoms with Gasteiger partial charge in [-0.1, -0.05) is 25.8 Å². The molecule has 0 aliphatic rings. The Labute approximate surface area is 66.7 Å². The summed E-state index contributed by atoms with van der Waals surface area (Å²) in [6.07, 6.45) is 7.37. The number of nitrogens with zero attached hydrogens (tertiary/aromatic N) is 1. The molecule has 3 heteroatoms. The van der Waals surface area contributed by atoms with Crippen LogP contribution in [0.3, 0.4) is 0 Å². The zero-order valence-electron chi connectivity index (χ0n) is 6.69. The van der Waals surface area contributed by atoms with E-state index in [1.165, 1.54) is 6.20 Å². The molecule has 0 radical (unpaired) electrons. The van der Waals surface area contributed by atoms with Crippen molar-refractivity contribution in [3.05, 3.63) is 12.3 Å². The van der Waals surface area contributed by atoms with Crippen LogP contribution in [0.4, 0.5) is 0 Å². The van der Waals surface area contributed by atoms with Gasteiger partial charge in [-0.3, -0.25) is 14.5 Å². The minimum Gasteiger partial charge on any atom is -0.278 e. The molecular formula is C8H13NO2. The molecule has 0 saturated carbocycles. The summed E-state index contributed by atoms with van der Waals surface area (Å²) in [5.41, 5.74) is 0.